The molecule has 1 aromatic carbocycles. The van der Waals surface area contributed by atoms with Crippen molar-refractivity contribution in [3.63, 3.8) is 0 Å². The Morgan fingerprint density at radius 2 is 2.20 bits per heavy atom. The van der Waals surface area contributed by atoms with Gasteiger partial charge in [-0.3, -0.25) is 4.98 Å². The van der Waals surface area contributed by atoms with Gasteiger partial charge in [-0.2, -0.15) is 0 Å². The van der Waals surface area contributed by atoms with Crippen molar-refractivity contribution in [2.45, 2.75) is 26.1 Å². The minimum absolute atomic E-state index is 0.0584. The highest BCUT2D eigenvalue weighted by Crippen LogP contribution is 2.29. The monoisotopic (exact) mass is 272 g/mol. The summed E-state index contributed by atoms with van der Waals surface area (Å²) in [5, 5.41) is 10.5. The highest BCUT2D eigenvalue weighted by Gasteiger charge is 2.26. The first-order valence-electron chi connectivity index (χ1n) is 7.04. The second-order valence-corrected chi connectivity index (χ2v) is 5.46. The zero-order valence-electron chi connectivity index (χ0n) is 11.9. The third-order valence-electron chi connectivity index (χ3n) is 3.82. The number of aryl methyl sites for hydroxylation is 1. The fraction of sp³-hybridized carbons (Fsp3) is 0.438. The van der Waals surface area contributed by atoms with Crippen LogP contribution in [0.1, 0.15) is 12.5 Å². The average Bonchev–Trinajstić information content (AvgIpc) is 2.47. The van der Waals surface area contributed by atoms with Crippen LogP contribution in [0.25, 0.3) is 10.9 Å². The van der Waals surface area contributed by atoms with Crippen LogP contribution in [-0.4, -0.2) is 42.0 Å². The highest BCUT2D eigenvalue weighted by atomic mass is 16.5. The van der Waals surface area contributed by atoms with Crippen molar-refractivity contribution >= 4 is 16.6 Å². The van der Waals surface area contributed by atoms with Crippen LogP contribution in [0.4, 0.5) is 5.69 Å². The molecule has 0 unspecified atom stereocenters. The molecule has 106 valence electrons. The van der Waals surface area contributed by atoms with E-state index in [-0.39, 0.29) is 18.8 Å². The molecule has 20 heavy (non-hydrogen) atoms. The van der Waals surface area contributed by atoms with E-state index in [1.54, 1.807) is 0 Å². The molecule has 2 heterocycles. The minimum Gasteiger partial charge on any atom is -0.394 e. The van der Waals surface area contributed by atoms with Gasteiger partial charge in [-0.1, -0.05) is 6.07 Å². The second kappa shape index (κ2) is 5.38. The van der Waals surface area contributed by atoms with Gasteiger partial charge in [-0.15, -0.1) is 0 Å². The second-order valence-electron chi connectivity index (χ2n) is 5.46. The summed E-state index contributed by atoms with van der Waals surface area (Å²) in [4.78, 5) is 6.78. The molecule has 3 rings (SSSR count). The molecule has 1 aromatic heterocycles. The number of hydrogen-bond acceptors (Lipinski definition) is 4. The van der Waals surface area contributed by atoms with Crippen LogP contribution in [0.5, 0.6) is 0 Å². The van der Waals surface area contributed by atoms with Crippen molar-refractivity contribution in [3.05, 3.63) is 36.0 Å². The molecule has 0 spiro atoms. The van der Waals surface area contributed by atoms with Crippen LogP contribution in [0.2, 0.25) is 0 Å². The summed E-state index contributed by atoms with van der Waals surface area (Å²) >= 11 is 0. The lowest BCUT2D eigenvalue weighted by Gasteiger charge is -2.38. The maximum Gasteiger partial charge on any atom is 0.0984 e. The van der Waals surface area contributed by atoms with Crippen LogP contribution >= 0.6 is 0 Å². The van der Waals surface area contributed by atoms with Gasteiger partial charge in [0, 0.05) is 30.4 Å². The van der Waals surface area contributed by atoms with Crippen molar-refractivity contribution in [2.75, 3.05) is 24.6 Å². The summed E-state index contributed by atoms with van der Waals surface area (Å²) in [7, 11) is 0. The topological polar surface area (TPSA) is 45.6 Å². The summed E-state index contributed by atoms with van der Waals surface area (Å²) in [6.07, 6.45) is 1.83. The number of benzene rings is 1. The van der Waals surface area contributed by atoms with Crippen LogP contribution < -0.4 is 4.90 Å². The Balaban J connectivity index is 2.03. The van der Waals surface area contributed by atoms with E-state index in [0.29, 0.717) is 6.54 Å². The van der Waals surface area contributed by atoms with Crippen molar-refractivity contribution in [2.24, 2.45) is 0 Å². The number of aromatic nitrogens is 1. The van der Waals surface area contributed by atoms with Gasteiger partial charge in [-0.25, -0.2) is 0 Å². The number of aliphatic hydroxyl groups excluding tert-OH is 1. The molecular weight excluding hydrogens is 252 g/mol. The number of hydrogen-bond donors (Lipinski definition) is 1. The number of pyridine rings is 1. The predicted molar refractivity (Wildman–Crippen MR) is 80.1 cm³/mol. The van der Waals surface area contributed by atoms with Gasteiger partial charge < -0.3 is 14.7 Å². The van der Waals surface area contributed by atoms with Gasteiger partial charge in [0.1, 0.15) is 0 Å². The van der Waals surface area contributed by atoms with Crippen molar-refractivity contribution in [1.29, 1.82) is 0 Å². The normalized spacial score (nSPS) is 23.2. The first-order chi connectivity index (χ1) is 9.69. The molecule has 1 fully saturated rings. The number of nitrogens with zero attached hydrogens (tertiary/aromatic N) is 2. The number of fused-ring (bicyclic) bond motifs is 1. The Morgan fingerprint density at radius 3 is 3.00 bits per heavy atom. The Hall–Kier alpha value is -1.65. The van der Waals surface area contributed by atoms with E-state index in [9.17, 15) is 5.11 Å². The van der Waals surface area contributed by atoms with Crippen LogP contribution in [0, 0.1) is 6.92 Å². The number of morpholine rings is 1. The number of rotatable bonds is 2. The Kier molecular flexibility index (Phi) is 3.59. The van der Waals surface area contributed by atoms with Crippen molar-refractivity contribution in [3.8, 4) is 0 Å². The summed E-state index contributed by atoms with van der Waals surface area (Å²) in [5.41, 5.74) is 3.40. The smallest absolute Gasteiger partial charge is 0.0984 e. The molecule has 1 aliphatic heterocycles. The molecule has 2 atom stereocenters. The van der Waals surface area contributed by atoms with E-state index >= 15 is 0 Å². The molecule has 0 aliphatic carbocycles. The first-order valence-corrected chi connectivity index (χ1v) is 7.04. The quantitative estimate of drug-likeness (QED) is 0.909. The molecule has 2 aromatic rings. The lowest BCUT2D eigenvalue weighted by Crippen LogP contribution is -2.48. The van der Waals surface area contributed by atoms with Crippen LogP contribution in [-0.2, 0) is 4.74 Å². The average molecular weight is 272 g/mol. The van der Waals surface area contributed by atoms with Gasteiger partial charge in [0.2, 0.25) is 0 Å². The van der Waals surface area contributed by atoms with E-state index in [0.717, 1.165) is 12.1 Å². The largest absolute Gasteiger partial charge is 0.394 e. The van der Waals surface area contributed by atoms with Gasteiger partial charge in [0.25, 0.3) is 0 Å². The molecule has 4 heteroatoms. The van der Waals surface area contributed by atoms with Gasteiger partial charge in [0.15, 0.2) is 0 Å². The van der Waals surface area contributed by atoms with Crippen molar-refractivity contribution < 1.29 is 9.84 Å². The zero-order chi connectivity index (χ0) is 14.1. The fourth-order valence-corrected chi connectivity index (χ4v) is 2.92. The van der Waals surface area contributed by atoms with E-state index in [4.69, 9.17) is 4.74 Å². The Bertz CT molecular complexity index is 614. The molecule has 0 saturated carbocycles. The standard InChI is InChI=1S/C16H20N2O2/c1-11-5-6-15(14-4-3-7-17-16(11)14)18-8-12(2)20-13(9-18)10-19/h3-7,12-13,19H,8-10H2,1-2H3/t12-,13-/m1/s1. The summed E-state index contributed by atoms with van der Waals surface area (Å²) in [6.45, 7) is 5.74. The number of ether oxygens (including phenoxy) is 1. The van der Waals surface area contributed by atoms with Crippen LogP contribution in [0.15, 0.2) is 30.5 Å². The molecule has 1 aliphatic rings. The molecule has 1 N–H and O–H groups in total. The maximum atomic E-state index is 9.37. The minimum atomic E-state index is -0.119. The van der Waals surface area contributed by atoms with E-state index in [1.807, 2.05) is 19.2 Å². The molecule has 1 saturated heterocycles. The molecule has 4 nitrogen and oxygen atoms in total. The maximum absolute atomic E-state index is 9.37. The fourth-order valence-electron chi connectivity index (χ4n) is 2.92. The SMILES string of the molecule is Cc1ccc(N2C[C@H](CO)O[C@H](C)C2)c2cccnc12. The Labute approximate surface area is 119 Å². The van der Waals surface area contributed by atoms with Crippen molar-refractivity contribution in [1.82, 2.24) is 4.98 Å². The predicted octanol–water partition coefficient (Wildman–Crippen LogP) is 2.13. The highest BCUT2D eigenvalue weighted by molar-refractivity contribution is 5.93. The molecule has 0 amide bonds. The van der Waals surface area contributed by atoms with E-state index in [2.05, 4.69) is 35.0 Å². The summed E-state index contributed by atoms with van der Waals surface area (Å²) in [6, 6.07) is 8.34. The third kappa shape index (κ3) is 2.37. The van der Waals surface area contributed by atoms with E-state index < -0.39 is 0 Å². The zero-order valence-corrected chi connectivity index (χ0v) is 11.9. The van der Waals surface area contributed by atoms with Gasteiger partial charge in [0.05, 0.1) is 24.3 Å². The lowest BCUT2D eigenvalue weighted by molar-refractivity contribution is -0.0420. The lowest BCUT2D eigenvalue weighted by atomic mass is 10.1. The molecular formula is C16H20N2O2. The van der Waals surface area contributed by atoms with E-state index in [1.165, 1.54) is 16.6 Å². The number of aliphatic hydroxyl groups is 1. The molecule has 0 bridgehead atoms. The third-order valence-corrected chi connectivity index (χ3v) is 3.82. The van der Waals surface area contributed by atoms with Crippen LogP contribution in [0.3, 0.4) is 0 Å². The summed E-state index contributed by atoms with van der Waals surface area (Å²) in [5.74, 6) is 0. The molecule has 0 radical (unpaired) electrons. The van der Waals surface area contributed by atoms with Gasteiger partial charge >= 0.3 is 0 Å². The Morgan fingerprint density at radius 1 is 1.35 bits per heavy atom. The van der Waals surface area contributed by atoms with Gasteiger partial charge in [-0.05, 0) is 37.6 Å². The first kappa shape index (κ1) is 13.3. The summed E-state index contributed by atoms with van der Waals surface area (Å²) < 4.78 is 5.72. The number of anilines is 1.